The third-order valence-corrected chi connectivity index (χ3v) is 4.18. The van der Waals surface area contributed by atoms with E-state index in [9.17, 15) is 18.4 Å². The number of halogens is 2. The molecule has 0 aliphatic carbocycles. The maximum atomic E-state index is 13.5. The quantitative estimate of drug-likeness (QED) is 0.739. The van der Waals surface area contributed by atoms with E-state index in [1.807, 2.05) is 4.90 Å². The van der Waals surface area contributed by atoms with E-state index in [1.165, 1.54) is 0 Å². The number of amides is 2. The van der Waals surface area contributed by atoms with Crippen LogP contribution in [0.1, 0.15) is 0 Å². The lowest BCUT2D eigenvalue weighted by Crippen LogP contribution is -2.41. The molecular weight excluding hydrogens is 384 g/mol. The van der Waals surface area contributed by atoms with Crippen molar-refractivity contribution in [1.29, 1.82) is 0 Å². The van der Waals surface area contributed by atoms with Crippen LogP contribution in [0.15, 0.2) is 42.5 Å². The SMILES string of the molecule is O=C(COc1ccc(F)cc1F)Nc1ccc(NC(=O)CN2CCOCC2)cc1. The van der Waals surface area contributed by atoms with Gasteiger partial charge in [0.1, 0.15) is 5.82 Å². The summed E-state index contributed by atoms with van der Waals surface area (Å²) >= 11 is 0. The Kier molecular flexibility index (Phi) is 7.09. The highest BCUT2D eigenvalue weighted by Crippen LogP contribution is 2.18. The first-order valence-electron chi connectivity index (χ1n) is 9.07. The van der Waals surface area contributed by atoms with E-state index in [0.717, 1.165) is 25.2 Å². The lowest BCUT2D eigenvalue weighted by molar-refractivity contribution is -0.119. The van der Waals surface area contributed by atoms with Crippen molar-refractivity contribution in [2.45, 2.75) is 0 Å². The van der Waals surface area contributed by atoms with Crippen molar-refractivity contribution < 1.29 is 27.8 Å². The van der Waals surface area contributed by atoms with Crippen molar-refractivity contribution in [2.75, 3.05) is 50.1 Å². The number of morpholine rings is 1. The molecule has 2 amide bonds. The fourth-order valence-corrected chi connectivity index (χ4v) is 2.73. The molecule has 1 heterocycles. The molecule has 29 heavy (non-hydrogen) atoms. The summed E-state index contributed by atoms with van der Waals surface area (Å²) in [6.07, 6.45) is 0. The average Bonchev–Trinajstić information content (AvgIpc) is 2.69. The van der Waals surface area contributed by atoms with Crippen LogP contribution >= 0.6 is 0 Å². The minimum absolute atomic E-state index is 0.126. The van der Waals surface area contributed by atoms with Gasteiger partial charge >= 0.3 is 0 Å². The van der Waals surface area contributed by atoms with Gasteiger partial charge in [-0.3, -0.25) is 14.5 Å². The van der Waals surface area contributed by atoms with E-state index in [0.29, 0.717) is 37.2 Å². The Morgan fingerprint density at radius 3 is 2.21 bits per heavy atom. The Morgan fingerprint density at radius 1 is 0.966 bits per heavy atom. The number of nitrogens with zero attached hydrogens (tertiary/aromatic N) is 1. The van der Waals surface area contributed by atoms with Crippen LogP contribution in [0.5, 0.6) is 5.75 Å². The van der Waals surface area contributed by atoms with Crippen LogP contribution < -0.4 is 15.4 Å². The molecule has 154 valence electrons. The number of carbonyl (C=O) groups is 2. The second-order valence-corrected chi connectivity index (χ2v) is 6.43. The molecule has 0 spiro atoms. The fourth-order valence-electron chi connectivity index (χ4n) is 2.73. The molecule has 2 N–H and O–H groups in total. The van der Waals surface area contributed by atoms with Crippen LogP contribution in [0.4, 0.5) is 20.2 Å². The van der Waals surface area contributed by atoms with E-state index in [2.05, 4.69) is 10.6 Å². The van der Waals surface area contributed by atoms with Crippen LogP contribution in [0.2, 0.25) is 0 Å². The van der Waals surface area contributed by atoms with Gasteiger partial charge in [0.2, 0.25) is 5.91 Å². The molecule has 2 aromatic rings. The van der Waals surface area contributed by atoms with Gasteiger partial charge in [-0.15, -0.1) is 0 Å². The summed E-state index contributed by atoms with van der Waals surface area (Å²) in [6.45, 7) is 2.56. The molecule has 0 unspecified atom stereocenters. The summed E-state index contributed by atoms with van der Waals surface area (Å²) in [6, 6.07) is 9.41. The van der Waals surface area contributed by atoms with E-state index in [1.54, 1.807) is 24.3 Å². The molecule has 1 saturated heterocycles. The van der Waals surface area contributed by atoms with Crippen LogP contribution in [0.25, 0.3) is 0 Å². The highest BCUT2D eigenvalue weighted by atomic mass is 19.1. The maximum absolute atomic E-state index is 13.5. The number of rotatable bonds is 7. The second kappa shape index (κ2) is 9.94. The van der Waals surface area contributed by atoms with Gasteiger partial charge in [0.15, 0.2) is 18.2 Å². The Morgan fingerprint density at radius 2 is 1.59 bits per heavy atom. The van der Waals surface area contributed by atoms with Gasteiger partial charge in [-0.1, -0.05) is 0 Å². The predicted octanol–water partition coefficient (Wildman–Crippen LogP) is 2.25. The van der Waals surface area contributed by atoms with Crippen molar-refractivity contribution in [3.05, 3.63) is 54.1 Å². The molecule has 0 saturated carbocycles. The maximum Gasteiger partial charge on any atom is 0.262 e. The molecule has 0 bridgehead atoms. The zero-order valence-electron chi connectivity index (χ0n) is 15.6. The van der Waals surface area contributed by atoms with Crippen LogP contribution in [0, 0.1) is 11.6 Å². The number of carbonyl (C=O) groups excluding carboxylic acids is 2. The molecular formula is C20H21F2N3O4. The van der Waals surface area contributed by atoms with Gasteiger partial charge in [-0.05, 0) is 36.4 Å². The summed E-state index contributed by atoms with van der Waals surface area (Å²) in [5.74, 6) is -2.44. The summed E-state index contributed by atoms with van der Waals surface area (Å²) in [5, 5.41) is 5.39. The Hall–Kier alpha value is -3.04. The van der Waals surface area contributed by atoms with Crippen molar-refractivity contribution in [3.63, 3.8) is 0 Å². The first kappa shape index (κ1) is 20.7. The lowest BCUT2D eigenvalue weighted by Gasteiger charge is -2.25. The molecule has 1 fully saturated rings. The third kappa shape index (κ3) is 6.51. The van der Waals surface area contributed by atoms with Gasteiger partial charge in [-0.2, -0.15) is 0 Å². The van der Waals surface area contributed by atoms with Crippen molar-refractivity contribution in [3.8, 4) is 5.75 Å². The van der Waals surface area contributed by atoms with Crippen molar-refractivity contribution in [2.24, 2.45) is 0 Å². The molecule has 9 heteroatoms. The molecule has 1 aliphatic rings. The largest absolute Gasteiger partial charge is 0.481 e. The topological polar surface area (TPSA) is 79.9 Å². The highest BCUT2D eigenvalue weighted by Gasteiger charge is 2.14. The van der Waals surface area contributed by atoms with Crippen molar-refractivity contribution >= 4 is 23.2 Å². The summed E-state index contributed by atoms with van der Waals surface area (Å²) < 4.78 is 36.6. The number of anilines is 2. The first-order valence-corrected chi connectivity index (χ1v) is 9.07. The summed E-state index contributed by atoms with van der Waals surface area (Å²) in [7, 11) is 0. The highest BCUT2D eigenvalue weighted by molar-refractivity contribution is 5.94. The Labute approximate surface area is 166 Å². The number of ether oxygens (including phenoxy) is 2. The minimum atomic E-state index is -0.880. The van der Waals surface area contributed by atoms with Gasteiger partial charge in [0, 0.05) is 30.5 Å². The van der Waals surface area contributed by atoms with Gasteiger partial charge < -0.3 is 20.1 Å². The van der Waals surface area contributed by atoms with E-state index in [4.69, 9.17) is 9.47 Å². The second-order valence-electron chi connectivity index (χ2n) is 6.43. The van der Waals surface area contributed by atoms with E-state index >= 15 is 0 Å². The standard InChI is InChI=1S/C20H21F2N3O4/c21-14-1-6-18(17(22)11-14)29-13-20(27)24-16-4-2-15(3-5-16)23-19(26)12-25-7-9-28-10-8-25/h1-6,11H,7-10,12-13H2,(H,23,26)(H,24,27). The smallest absolute Gasteiger partial charge is 0.262 e. The molecule has 2 aromatic carbocycles. The van der Waals surface area contributed by atoms with Gasteiger partial charge in [0.25, 0.3) is 5.91 Å². The zero-order valence-corrected chi connectivity index (χ0v) is 15.6. The van der Waals surface area contributed by atoms with Crippen LogP contribution in [-0.4, -0.2) is 56.2 Å². The average molecular weight is 405 g/mol. The first-order chi connectivity index (χ1) is 14.0. The fraction of sp³-hybridized carbons (Fsp3) is 0.300. The third-order valence-electron chi connectivity index (χ3n) is 4.18. The number of benzene rings is 2. The van der Waals surface area contributed by atoms with Gasteiger partial charge in [-0.25, -0.2) is 8.78 Å². The Balaban J connectivity index is 1.44. The summed E-state index contributed by atoms with van der Waals surface area (Å²) in [5.41, 5.74) is 1.09. The summed E-state index contributed by atoms with van der Waals surface area (Å²) in [4.78, 5) is 26.0. The van der Waals surface area contributed by atoms with Crippen molar-refractivity contribution in [1.82, 2.24) is 4.90 Å². The number of hydrogen-bond acceptors (Lipinski definition) is 5. The lowest BCUT2D eigenvalue weighted by atomic mass is 10.2. The molecule has 1 aliphatic heterocycles. The molecule has 7 nitrogen and oxygen atoms in total. The van der Waals surface area contributed by atoms with Crippen LogP contribution in [-0.2, 0) is 14.3 Å². The molecule has 0 aromatic heterocycles. The number of hydrogen-bond donors (Lipinski definition) is 2. The number of nitrogens with one attached hydrogen (secondary N) is 2. The molecule has 0 atom stereocenters. The minimum Gasteiger partial charge on any atom is -0.481 e. The van der Waals surface area contributed by atoms with E-state index in [-0.39, 0.29) is 11.7 Å². The van der Waals surface area contributed by atoms with E-state index < -0.39 is 24.1 Å². The monoisotopic (exact) mass is 405 g/mol. The molecule has 3 rings (SSSR count). The normalized spacial score (nSPS) is 14.3. The zero-order chi connectivity index (χ0) is 20.6. The predicted molar refractivity (Wildman–Crippen MR) is 103 cm³/mol. The Bertz CT molecular complexity index is 855. The van der Waals surface area contributed by atoms with Crippen LogP contribution in [0.3, 0.4) is 0 Å². The molecule has 0 radical (unpaired) electrons. The van der Waals surface area contributed by atoms with Gasteiger partial charge in [0.05, 0.1) is 19.8 Å².